The Morgan fingerprint density at radius 3 is 2.37 bits per heavy atom. The largest absolute Gasteiger partial charge is 0.496 e. The van der Waals surface area contributed by atoms with E-state index in [1.54, 1.807) is 42.3 Å². The number of ether oxygens (including phenoxy) is 3. The smallest absolute Gasteiger partial charge is 0.346 e. The number of methoxy groups -OCH3 is 1. The molecule has 4 aromatic rings. The first-order valence-electron chi connectivity index (χ1n) is 13.0. The van der Waals surface area contributed by atoms with Crippen LogP contribution in [0, 0.1) is 6.92 Å². The fourth-order valence-corrected chi connectivity index (χ4v) is 4.84. The molecule has 1 aromatic heterocycles. The van der Waals surface area contributed by atoms with Crippen molar-refractivity contribution in [3.63, 3.8) is 0 Å². The Balaban J connectivity index is 1.55. The van der Waals surface area contributed by atoms with Crippen LogP contribution < -0.4 is 19.7 Å². The van der Waals surface area contributed by atoms with Crippen LogP contribution in [0.2, 0.25) is 0 Å². The zero-order valence-electron chi connectivity index (χ0n) is 23.4. The van der Waals surface area contributed by atoms with Crippen molar-refractivity contribution in [2.75, 3.05) is 24.4 Å². The maximum absolute atomic E-state index is 13.2. The third-order valence-corrected chi connectivity index (χ3v) is 6.97. The molecule has 1 aliphatic rings. The van der Waals surface area contributed by atoms with Gasteiger partial charge in [0.05, 0.1) is 35.9 Å². The molecule has 5 rings (SSSR count). The van der Waals surface area contributed by atoms with Gasteiger partial charge in [-0.3, -0.25) is 4.79 Å². The summed E-state index contributed by atoms with van der Waals surface area (Å²) < 4.78 is 21.9. The molecule has 2 heterocycles. The number of nitrogens with zero attached hydrogens (tertiary/aromatic N) is 1. The molecule has 9 heteroatoms. The zero-order chi connectivity index (χ0) is 29.3. The molecular formula is C32H30N2O7. The van der Waals surface area contributed by atoms with Crippen molar-refractivity contribution < 1.29 is 33.0 Å². The molecule has 0 atom stereocenters. The van der Waals surface area contributed by atoms with Gasteiger partial charge in [-0.2, -0.15) is 0 Å². The number of hydrogen-bond acceptors (Lipinski definition) is 8. The van der Waals surface area contributed by atoms with Crippen molar-refractivity contribution in [2.24, 2.45) is 0 Å². The first-order valence-corrected chi connectivity index (χ1v) is 13.0. The van der Waals surface area contributed by atoms with E-state index in [9.17, 15) is 14.4 Å². The van der Waals surface area contributed by atoms with Gasteiger partial charge in [0.15, 0.2) is 0 Å². The molecule has 0 fully saturated rings. The summed E-state index contributed by atoms with van der Waals surface area (Å²) in [6, 6.07) is 17.4. The van der Waals surface area contributed by atoms with Gasteiger partial charge >= 0.3 is 11.9 Å². The van der Waals surface area contributed by atoms with Gasteiger partial charge in [0.1, 0.15) is 29.9 Å². The van der Waals surface area contributed by atoms with E-state index in [4.69, 9.17) is 18.6 Å². The number of fused-ring (bicyclic) bond motifs is 1. The Morgan fingerprint density at radius 2 is 1.68 bits per heavy atom. The summed E-state index contributed by atoms with van der Waals surface area (Å²) in [6.07, 6.45) is 2.69. The van der Waals surface area contributed by atoms with Crippen molar-refractivity contribution in [3.05, 3.63) is 95.4 Å². The summed E-state index contributed by atoms with van der Waals surface area (Å²) in [5, 5.41) is 3.31. The number of esters is 2. The minimum atomic E-state index is -0.822. The quantitative estimate of drug-likeness (QED) is 0.219. The number of nitrogens with one attached hydrogen (secondary N) is 1. The summed E-state index contributed by atoms with van der Waals surface area (Å²) in [4.78, 5) is 40.2. The Bertz CT molecular complexity index is 1620. The number of carbonyl (C=O) groups is 3. The number of hydrogen-bond donors (Lipinski definition) is 1. The lowest BCUT2D eigenvalue weighted by molar-refractivity contribution is -0.121. The van der Waals surface area contributed by atoms with Gasteiger partial charge in [0.2, 0.25) is 0 Å². The average molecular weight is 555 g/mol. The van der Waals surface area contributed by atoms with E-state index < -0.39 is 17.5 Å². The second-order valence-electron chi connectivity index (χ2n) is 10.3. The third kappa shape index (κ3) is 5.38. The highest BCUT2D eigenvalue weighted by molar-refractivity contribution is 6.09. The second kappa shape index (κ2) is 10.8. The predicted octanol–water partition coefficient (Wildman–Crippen LogP) is 6.01. The fourth-order valence-electron chi connectivity index (χ4n) is 4.84. The van der Waals surface area contributed by atoms with E-state index in [1.165, 1.54) is 25.7 Å². The maximum Gasteiger partial charge on any atom is 0.346 e. The van der Waals surface area contributed by atoms with Gasteiger partial charge in [-0.05, 0) is 62.7 Å². The number of carbonyl (C=O) groups excluding carboxylic acids is 3. The van der Waals surface area contributed by atoms with Gasteiger partial charge < -0.3 is 28.8 Å². The number of furan rings is 1. The van der Waals surface area contributed by atoms with E-state index in [0.717, 1.165) is 11.3 Å². The Morgan fingerprint density at radius 1 is 0.951 bits per heavy atom. The number of amides is 1. The minimum Gasteiger partial charge on any atom is -0.496 e. The van der Waals surface area contributed by atoms with Crippen LogP contribution in [-0.4, -0.2) is 37.5 Å². The van der Waals surface area contributed by atoms with Gasteiger partial charge in [-0.25, -0.2) is 9.59 Å². The minimum absolute atomic E-state index is 0.106. The molecule has 0 spiro atoms. The molecule has 1 aliphatic heterocycles. The zero-order valence-corrected chi connectivity index (χ0v) is 23.4. The van der Waals surface area contributed by atoms with Crippen molar-refractivity contribution in [1.82, 2.24) is 0 Å². The first-order chi connectivity index (χ1) is 19.6. The molecule has 1 amide bonds. The number of benzene rings is 3. The number of aryl methyl sites for hydroxylation is 1. The predicted molar refractivity (Wildman–Crippen MR) is 154 cm³/mol. The van der Waals surface area contributed by atoms with E-state index in [2.05, 4.69) is 5.32 Å². The Labute approximate surface area is 237 Å². The maximum atomic E-state index is 13.2. The van der Waals surface area contributed by atoms with Gasteiger partial charge in [-0.1, -0.05) is 23.8 Å². The average Bonchev–Trinajstić information content (AvgIpc) is 3.50. The van der Waals surface area contributed by atoms with Gasteiger partial charge in [-0.15, -0.1) is 0 Å². The third-order valence-electron chi connectivity index (χ3n) is 6.97. The number of likely N-dealkylation sites (N-methyl/N-ethyl adjacent to an activating group) is 1. The topological polar surface area (TPSA) is 107 Å². The summed E-state index contributed by atoms with van der Waals surface area (Å²) in [5.74, 6) is -0.494. The van der Waals surface area contributed by atoms with Crippen LogP contribution in [0.3, 0.4) is 0 Å². The summed E-state index contributed by atoms with van der Waals surface area (Å²) >= 11 is 0. The monoisotopic (exact) mass is 554 g/mol. The van der Waals surface area contributed by atoms with E-state index in [-0.39, 0.29) is 23.8 Å². The fraction of sp³-hybridized carbons (Fsp3) is 0.219. The van der Waals surface area contributed by atoms with Crippen molar-refractivity contribution in [3.8, 4) is 22.6 Å². The van der Waals surface area contributed by atoms with E-state index in [0.29, 0.717) is 33.7 Å². The second-order valence-corrected chi connectivity index (χ2v) is 10.3. The molecule has 0 saturated heterocycles. The normalized spacial score (nSPS) is 13.7. The van der Waals surface area contributed by atoms with Crippen LogP contribution in [0.4, 0.5) is 11.4 Å². The van der Waals surface area contributed by atoms with Crippen LogP contribution >= 0.6 is 0 Å². The molecule has 210 valence electrons. The van der Waals surface area contributed by atoms with Crippen molar-refractivity contribution >= 4 is 29.2 Å². The highest BCUT2D eigenvalue weighted by atomic mass is 16.5. The molecule has 3 aromatic carbocycles. The highest BCUT2D eigenvalue weighted by Gasteiger charge is 2.39. The van der Waals surface area contributed by atoms with Crippen molar-refractivity contribution in [1.29, 1.82) is 0 Å². The lowest BCUT2D eigenvalue weighted by Crippen LogP contribution is -2.52. The Hall–Kier alpha value is -5.05. The van der Waals surface area contributed by atoms with Crippen LogP contribution in [0.15, 0.2) is 77.6 Å². The van der Waals surface area contributed by atoms with E-state index >= 15 is 0 Å². The molecule has 0 unspecified atom stereocenters. The molecule has 0 radical (unpaired) electrons. The molecular weight excluding hydrogens is 524 g/mol. The molecule has 0 bridgehead atoms. The number of rotatable bonds is 7. The lowest BCUT2D eigenvalue weighted by Gasteiger charge is -2.39. The standard InChI is InChI=1S/C32H30N2O7/c1-19-6-8-20(9-7-19)29(35)40-18-25-23(12-13-26-28(25)34(4)31(37)32(2,3)33-26)24-11-10-22(16-27(24)38-5)41-30(36)21-14-15-39-17-21/h6-17,33H,18H2,1-5H3. The SMILES string of the molecule is COc1cc(OC(=O)c2ccoc2)ccc1-c1ccc2c(c1COC(=O)c1ccc(C)cc1)N(C)C(=O)C(C)(C)N2. The van der Waals surface area contributed by atoms with Gasteiger partial charge in [0.25, 0.3) is 5.91 Å². The lowest BCUT2D eigenvalue weighted by atomic mass is 9.91. The van der Waals surface area contributed by atoms with Crippen LogP contribution in [-0.2, 0) is 16.1 Å². The number of anilines is 2. The Kier molecular flexibility index (Phi) is 7.28. The van der Waals surface area contributed by atoms with Crippen LogP contribution in [0.5, 0.6) is 11.5 Å². The summed E-state index contributed by atoms with van der Waals surface area (Å²) in [7, 11) is 3.21. The molecule has 1 N–H and O–H groups in total. The van der Waals surface area contributed by atoms with Crippen LogP contribution in [0.25, 0.3) is 11.1 Å². The molecule has 0 aliphatic carbocycles. The molecule has 0 saturated carbocycles. The van der Waals surface area contributed by atoms with Gasteiger partial charge in [0, 0.05) is 24.2 Å². The highest BCUT2D eigenvalue weighted by Crippen LogP contribution is 2.45. The van der Waals surface area contributed by atoms with Crippen molar-refractivity contribution in [2.45, 2.75) is 32.9 Å². The molecule has 41 heavy (non-hydrogen) atoms. The molecule has 9 nitrogen and oxygen atoms in total. The van der Waals surface area contributed by atoms with Crippen LogP contribution in [0.1, 0.15) is 45.7 Å². The summed E-state index contributed by atoms with van der Waals surface area (Å²) in [5.41, 5.74) is 4.20. The summed E-state index contributed by atoms with van der Waals surface area (Å²) in [6.45, 7) is 5.46. The first kappa shape index (κ1) is 27.5. The van der Waals surface area contributed by atoms with E-state index in [1.807, 2.05) is 45.0 Å².